The Hall–Kier alpha value is -2.49. The molecule has 0 amide bonds. The SMILES string of the molecule is COC(=O)c1cc(-c2ccc(S(=O)(=O)N3CCc4ccccc4C3)s2)on1. The van der Waals surface area contributed by atoms with E-state index >= 15 is 0 Å². The van der Waals surface area contributed by atoms with Gasteiger partial charge in [-0.3, -0.25) is 0 Å². The van der Waals surface area contributed by atoms with E-state index in [1.165, 1.54) is 23.0 Å². The topological polar surface area (TPSA) is 89.7 Å². The second-order valence-corrected chi connectivity index (χ2v) is 9.29. The second-order valence-electron chi connectivity index (χ2n) is 6.04. The highest BCUT2D eigenvalue weighted by Gasteiger charge is 2.30. The molecule has 3 aromatic rings. The largest absolute Gasteiger partial charge is 0.464 e. The van der Waals surface area contributed by atoms with Crippen LogP contribution in [-0.2, 0) is 27.7 Å². The number of carbonyl (C=O) groups is 1. The van der Waals surface area contributed by atoms with Crippen LogP contribution in [0, 0.1) is 0 Å². The monoisotopic (exact) mass is 404 g/mol. The maximum atomic E-state index is 13.0. The molecule has 140 valence electrons. The normalized spacial score (nSPS) is 14.7. The van der Waals surface area contributed by atoms with Crippen molar-refractivity contribution in [3.05, 3.63) is 59.3 Å². The Kier molecular flexibility index (Phi) is 4.58. The van der Waals surface area contributed by atoms with Gasteiger partial charge in [-0.2, -0.15) is 4.31 Å². The maximum absolute atomic E-state index is 13.0. The number of aromatic nitrogens is 1. The smallest absolute Gasteiger partial charge is 0.360 e. The van der Waals surface area contributed by atoms with E-state index in [9.17, 15) is 13.2 Å². The molecule has 2 aromatic heterocycles. The van der Waals surface area contributed by atoms with Crippen LogP contribution in [0.3, 0.4) is 0 Å². The highest BCUT2D eigenvalue weighted by Crippen LogP contribution is 2.34. The van der Waals surface area contributed by atoms with Gasteiger partial charge >= 0.3 is 5.97 Å². The standard InChI is InChI=1S/C18H16N2O5S2/c1-24-18(21)14-10-15(25-19-14)16-6-7-17(26-16)27(22,23)20-9-8-12-4-2-3-5-13(12)11-20/h2-7,10H,8-9,11H2,1H3. The van der Waals surface area contributed by atoms with Gasteiger partial charge in [0, 0.05) is 19.2 Å². The summed E-state index contributed by atoms with van der Waals surface area (Å²) in [4.78, 5) is 12.1. The van der Waals surface area contributed by atoms with Crippen LogP contribution in [0.4, 0.5) is 0 Å². The van der Waals surface area contributed by atoms with E-state index in [0.717, 1.165) is 16.9 Å². The molecule has 0 radical (unpaired) electrons. The fourth-order valence-electron chi connectivity index (χ4n) is 2.99. The number of benzene rings is 1. The number of rotatable bonds is 4. The fraction of sp³-hybridized carbons (Fsp3) is 0.222. The molecule has 0 unspecified atom stereocenters. The number of esters is 1. The van der Waals surface area contributed by atoms with Crippen molar-refractivity contribution < 1.29 is 22.5 Å². The van der Waals surface area contributed by atoms with Crippen molar-refractivity contribution in [2.75, 3.05) is 13.7 Å². The van der Waals surface area contributed by atoms with Gasteiger partial charge in [-0.1, -0.05) is 29.4 Å². The van der Waals surface area contributed by atoms with Crippen LogP contribution < -0.4 is 0 Å². The lowest BCUT2D eigenvalue weighted by molar-refractivity contribution is 0.0589. The Bertz CT molecular complexity index is 1100. The molecule has 0 spiro atoms. The zero-order valence-electron chi connectivity index (χ0n) is 14.4. The minimum absolute atomic E-state index is 0.0398. The molecule has 27 heavy (non-hydrogen) atoms. The summed E-state index contributed by atoms with van der Waals surface area (Å²) in [6, 6.07) is 12.5. The lowest BCUT2D eigenvalue weighted by atomic mass is 10.0. The van der Waals surface area contributed by atoms with Gasteiger partial charge in [0.1, 0.15) is 4.21 Å². The minimum Gasteiger partial charge on any atom is -0.464 e. The van der Waals surface area contributed by atoms with Crippen molar-refractivity contribution in [2.45, 2.75) is 17.2 Å². The quantitative estimate of drug-likeness (QED) is 0.621. The molecular weight excluding hydrogens is 388 g/mol. The van der Waals surface area contributed by atoms with Crippen molar-refractivity contribution in [2.24, 2.45) is 0 Å². The molecule has 7 nitrogen and oxygen atoms in total. The first-order valence-electron chi connectivity index (χ1n) is 8.21. The molecule has 4 rings (SSSR count). The number of sulfonamides is 1. The minimum atomic E-state index is -3.61. The van der Waals surface area contributed by atoms with Crippen LogP contribution in [0.25, 0.3) is 10.6 Å². The summed E-state index contributed by atoms with van der Waals surface area (Å²) in [6.07, 6.45) is 0.693. The van der Waals surface area contributed by atoms with E-state index < -0.39 is 16.0 Å². The third kappa shape index (κ3) is 3.29. The zero-order chi connectivity index (χ0) is 19.0. The molecule has 3 heterocycles. The molecule has 0 aliphatic carbocycles. The van der Waals surface area contributed by atoms with Crippen molar-refractivity contribution in [1.29, 1.82) is 0 Å². The number of hydrogen-bond acceptors (Lipinski definition) is 7. The summed E-state index contributed by atoms with van der Waals surface area (Å²) in [5.74, 6) is -0.285. The molecule has 0 N–H and O–H groups in total. The molecule has 0 atom stereocenters. The van der Waals surface area contributed by atoms with E-state index in [2.05, 4.69) is 9.89 Å². The molecule has 1 aliphatic rings. The van der Waals surface area contributed by atoms with E-state index in [0.29, 0.717) is 30.1 Å². The van der Waals surface area contributed by atoms with E-state index in [4.69, 9.17) is 4.52 Å². The Morgan fingerprint density at radius 2 is 2.00 bits per heavy atom. The third-order valence-corrected chi connectivity index (χ3v) is 7.83. The van der Waals surface area contributed by atoms with Gasteiger partial charge in [0.2, 0.25) is 0 Å². The number of nitrogens with zero attached hydrogens (tertiary/aromatic N) is 2. The summed E-state index contributed by atoms with van der Waals surface area (Å²) >= 11 is 1.09. The third-order valence-electron chi connectivity index (χ3n) is 4.42. The summed E-state index contributed by atoms with van der Waals surface area (Å²) < 4.78 is 37.5. The summed E-state index contributed by atoms with van der Waals surface area (Å²) in [5, 5.41) is 3.65. The summed E-state index contributed by atoms with van der Waals surface area (Å²) in [7, 11) is -2.35. The number of hydrogen-bond donors (Lipinski definition) is 0. The Morgan fingerprint density at radius 3 is 2.78 bits per heavy atom. The first-order chi connectivity index (χ1) is 13.0. The number of methoxy groups -OCH3 is 1. The molecule has 0 fully saturated rings. The van der Waals surface area contributed by atoms with Gasteiger partial charge in [0.15, 0.2) is 11.5 Å². The maximum Gasteiger partial charge on any atom is 0.360 e. The van der Waals surface area contributed by atoms with Crippen molar-refractivity contribution in [3.8, 4) is 10.6 Å². The molecule has 0 saturated carbocycles. The molecule has 0 bridgehead atoms. The van der Waals surface area contributed by atoms with E-state index in [-0.39, 0.29) is 9.90 Å². The zero-order valence-corrected chi connectivity index (χ0v) is 16.0. The van der Waals surface area contributed by atoms with Gasteiger partial charge in [-0.15, -0.1) is 11.3 Å². The summed E-state index contributed by atoms with van der Waals surface area (Å²) in [5.41, 5.74) is 2.26. The number of fused-ring (bicyclic) bond motifs is 1. The number of carbonyl (C=O) groups excluding carboxylic acids is 1. The predicted molar refractivity (Wildman–Crippen MR) is 98.9 cm³/mol. The molecule has 0 saturated heterocycles. The van der Waals surface area contributed by atoms with Crippen LogP contribution in [0.2, 0.25) is 0 Å². The average Bonchev–Trinajstić information content (AvgIpc) is 3.36. The van der Waals surface area contributed by atoms with E-state index in [1.807, 2.05) is 24.3 Å². The highest BCUT2D eigenvalue weighted by atomic mass is 32.2. The van der Waals surface area contributed by atoms with Crippen LogP contribution in [-0.4, -0.2) is 37.5 Å². The van der Waals surface area contributed by atoms with Gasteiger partial charge < -0.3 is 9.26 Å². The summed E-state index contributed by atoms with van der Waals surface area (Å²) in [6.45, 7) is 0.807. The van der Waals surface area contributed by atoms with Crippen molar-refractivity contribution >= 4 is 27.3 Å². The van der Waals surface area contributed by atoms with Gasteiger partial charge in [0.05, 0.1) is 12.0 Å². The molecule has 1 aliphatic heterocycles. The Labute approximate surface area is 160 Å². The lowest BCUT2D eigenvalue weighted by Gasteiger charge is -2.27. The molecule has 9 heteroatoms. The predicted octanol–water partition coefficient (Wildman–Crippen LogP) is 2.94. The number of ether oxygens (including phenoxy) is 1. The van der Waals surface area contributed by atoms with Crippen LogP contribution >= 0.6 is 11.3 Å². The number of thiophene rings is 1. The first-order valence-corrected chi connectivity index (χ1v) is 10.5. The van der Waals surface area contributed by atoms with Crippen LogP contribution in [0.5, 0.6) is 0 Å². The van der Waals surface area contributed by atoms with Crippen molar-refractivity contribution in [3.63, 3.8) is 0 Å². The van der Waals surface area contributed by atoms with Crippen LogP contribution in [0.1, 0.15) is 21.6 Å². The molecular formula is C18H16N2O5S2. The van der Waals surface area contributed by atoms with Crippen molar-refractivity contribution in [1.82, 2.24) is 9.46 Å². The first kappa shape index (κ1) is 17.9. The highest BCUT2D eigenvalue weighted by molar-refractivity contribution is 7.91. The lowest BCUT2D eigenvalue weighted by Crippen LogP contribution is -2.35. The molecule has 1 aromatic carbocycles. The average molecular weight is 404 g/mol. The van der Waals surface area contributed by atoms with E-state index in [1.54, 1.807) is 12.1 Å². The van der Waals surface area contributed by atoms with Gasteiger partial charge in [0.25, 0.3) is 10.0 Å². The van der Waals surface area contributed by atoms with Gasteiger partial charge in [-0.25, -0.2) is 13.2 Å². The Balaban J connectivity index is 1.59. The van der Waals surface area contributed by atoms with Gasteiger partial charge in [-0.05, 0) is 29.7 Å². The fourth-order valence-corrected chi connectivity index (χ4v) is 5.81. The Morgan fingerprint density at radius 1 is 1.22 bits per heavy atom. The second kappa shape index (κ2) is 6.91. The van der Waals surface area contributed by atoms with Crippen LogP contribution in [0.15, 0.2) is 51.2 Å².